The highest BCUT2D eigenvalue weighted by Crippen LogP contribution is 2.57. The van der Waals surface area contributed by atoms with Gasteiger partial charge in [-0.25, -0.2) is 0 Å². The molecule has 0 spiro atoms. The molecule has 0 saturated carbocycles. The van der Waals surface area contributed by atoms with E-state index in [2.05, 4.69) is 253 Å². The van der Waals surface area contributed by atoms with Gasteiger partial charge >= 0.3 is 0 Å². The lowest BCUT2D eigenvalue weighted by molar-refractivity contribution is 0.661. The van der Waals surface area contributed by atoms with E-state index in [1.807, 2.05) is 12.1 Å². The van der Waals surface area contributed by atoms with Crippen LogP contribution in [-0.2, 0) is 5.41 Å². The maximum atomic E-state index is 6.76. The number of aromatic nitrogens is 1. The van der Waals surface area contributed by atoms with Gasteiger partial charge in [0.15, 0.2) is 11.2 Å². The van der Waals surface area contributed by atoms with Crippen LogP contribution in [0.4, 0.5) is 34.1 Å². The molecule has 15 rings (SSSR count). The van der Waals surface area contributed by atoms with Crippen molar-refractivity contribution in [3.05, 3.63) is 248 Å². The predicted molar refractivity (Wildman–Crippen MR) is 300 cm³/mol. The molecule has 340 valence electrons. The summed E-state index contributed by atoms with van der Waals surface area (Å²) in [5.41, 5.74) is 18.0. The fourth-order valence-corrected chi connectivity index (χ4v) is 12.0. The molecule has 5 nitrogen and oxygen atoms in total. The van der Waals surface area contributed by atoms with Gasteiger partial charge in [0.1, 0.15) is 11.2 Å². The Labute approximate surface area is 415 Å². The summed E-state index contributed by atoms with van der Waals surface area (Å²) < 4.78 is 15.9. The minimum atomic E-state index is -0.357. The van der Waals surface area contributed by atoms with Crippen molar-refractivity contribution >= 4 is 111 Å². The zero-order valence-corrected chi connectivity index (χ0v) is 39.7. The molecule has 14 aromatic rings. The molecule has 0 fully saturated rings. The van der Waals surface area contributed by atoms with Crippen molar-refractivity contribution in [2.45, 2.75) is 19.3 Å². The minimum Gasteiger partial charge on any atom is -0.454 e. The van der Waals surface area contributed by atoms with Crippen LogP contribution in [0.25, 0.3) is 93.3 Å². The van der Waals surface area contributed by atoms with Crippen LogP contribution in [0.1, 0.15) is 25.0 Å². The van der Waals surface area contributed by atoms with Gasteiger partial charge in [-0.05, 0) is 119 Å². The third-order valence-corrected chi connectivity index (χ3v) is 15.3. The Morgan fingerprint density at radius 3 is 1.50 bits per heavy atom. The third-order valence-electron chi connectivity index (χ3n) is 15.3. The molecule has 0 aliphatic heterocycles. The van der Waals surface area contributed by atoms with Crippen LogP contribution in [0.3, 0.4) is 0 Å². The molecule has 0 atom stereocenters. The van der Waals surface area contributed by atoms with Gasteiger partial charge in [0.05, 0.1) is 28.1 Å². The summed E-state index contributed by atoms with van der Waals surface area (Å²) in [7, 11) is 0. The van der Waals surface area contributed by atoms with Crippen molar-refractivity contribution in [1.29, 1.82) is 0 Å². The fraction of sp³-hybridized carbons (Fsp3) is 0.0448. The summed E-state index contributed by atoms with van der Waals surface area (Å²) in [6.07, 6.45) is 0. The molecular formula is C67H45N3O2. The standard InChI is InChI=1S/C67H45N3O2/c1-67(2)55-40-61-53(39-54(55)64-50-29-13-12-26-46(50)60(41-56(64)67)69(43-22-8-4-9-23-43)58-33-19-31-52-49-28-15-17-35-63(49)72-66(52)58)47-37-36-45(38-59(47)70(61)44-24-10-5-11-25-44)68(42-20-6-3-7-21-42)57-32-18-30-51-48-27-14-16-34-62(48)71-65(51)57/h3-41H,1-2H3. The number of fused-ring (bicyclic) bond motifs is 14. The maximum absolute atomic E-state index is 6.76. The first kappa shape index (κ1) is 40.6. The second kappa shape index (κ2) is 15.3. The first-order valence-electron chi connectivity index (χ1n) is 24.8. The van der Waals surface area contributed by atoms with E-state index >= 15 is 0 Å². The molecule has 1 aliphatic carbocycles. The molecule has 3 heterocycles. The summed E-state index contributed by atoms with van der Waals surface area (Å²) in [4.78, 5) is 4.75. The third kappa shape index (κ3) is 5.82. The molecule has 72 heavy (non-hydrogen) atoms. The van der Waals surface area contributed by atoms with Crippen LogP contribution >= 0.6 is 0 Å². The van der Waals surface area contributed by atoms with Crippen molar-refractivity contribution < 1.29 is 8.83 Å². The minimum absolute atomic E-state index is 0.357. The van der Waals surface area contributed by atoms with E-state index in [9.17, 15) is 0 Å². The van der Waals surface area contributed by atoms with E-state index in [0.717, 1.165) is 89.2 Å². The van der Waals surface area contributed by atoms with E-state index in [4.69, 9.17) is 8.83 Å². The second-order valence-electron chi connectivity index (χ2n) is 19.6. The molecule has 0 radical (unpaired) electrons. The molecule has 0 unspecified atom stereocenters. The molecule has 11 aromatic carbocycles. The average molecular weight is 924 g/mol. The van der Waals surface area contributed by atoms with Crippen molar-refractivity contribution in [1.82, 2.24) is 4.57 Å². The second-order valence-corrected chi connectivity index (χ2v) is 19.6. The van der Waals surface area contributed by atoms with Crippen molar-refractivity contribution in [3.63, 3.8) is 0 Å². The maximum Gasteiger partial charge on any atom is 0.159 e. The van der Waals surface area contributed by atoms with Crippen LogP contribution in [0.5, 0.6) is 0 Å². The summed E-state index contributed by atoms with van der Waals surface area (Å²) in [6, 6.07) is 85.2. The highest BCUT2D eigenvalue weighted by Gasteiger charge is 2.39. The van der Waals surface area contributed by atoms with Crippen molar-refractivity contribution in [2.75, 3.05) is 9.80 Å². The number of furan rings is 2. The molecule has 0 amide bonds. The van der Waals surface area contributed by atoms with Gasteiger partial charge in [-0.3, -0.25) is 0 Å². The number of para-hydroxylation sites is 7. The average Bonchev–Trinajstić information content (AvgIpc) is 4.16. The first-order valence-corrected chi connectivity index (χ1v) is 24.8. The summed E-state index contributed by atoms with van der Waals surface area (Å²) in [5.74, 6) is 0. The van der Waals surface area contributed by atoms with Crippen LogP contribution in [-0.4, -0.2) is 4.57 Å². The van der Waals surface area contributed by atoms with Gasteiger partial charge in [-0.2, -0.15) is 0 Å². The lowest BCUT2D eigenvalue weighted by atomic mass is 9.81. The Morgan fingerprint density at radius 2 is 0.861 bits per heavy atom. The largest absolute Gasteiger partial charge is 0.454 e. The number of rotatable bonds is 7. The molecule has 3 aromatic heterocycles. The van der Waals surface area contributed by atoms with E-state index in [1.165, 1.54) is 49.3 Å². The number of nitrogens with zero attached hydrogens (tertiary/aromatic N) is 3. The Kier molecular flexibility index (Phi) is 8.64. The van der Waals surface area contributed by atoms with Gasteiger partial charge in [0, 0.05) is 65.9 Å². The van der Waals surface area contributed by atoms with Gasteiger partial charge < -0.3 is 23.2 Å². The zero-order valence-electron chi connectivity index (χ0n) is 39.7. The smallest absolute Gasteiger partial charge is 0.159 e. The molecule has 0 N–H and O–H groups in total. The Morgan fingerprint density at radius 1 is 0.347 bits per heavy atom. The lowest BCUT2D eigenvalue weighted by Gasteiger charge is -2.29. The van der Waals surface area contributed by atoms with Gasteiger partial charge in [0.2, 0.25) is 0 Å². The highest BCUT2D eigenvalue weighted by molar-refractivity contribution is 6.18. The molecule has 0 bridgehead atoms. The van der Waals surface area contributed by atoms with E-state index in [-0.39, 0.29) is 5.41 Å². The van der Waals surface area contributed by atoms with Gasteiger partial charge in [-0.15, -0.1) is 0 Å². The van der Waals surface area contributed by atoms with Crippen LogP contribution in [0.15, 0.2) is 245 Å². The van der Waals surface area contributed by atoms with E-state index in [1.54, 1.807) is 0 Å². The number of hydrogen-bond donors (Lipinski definition) is 0. The molecule has 5 heteroatoms. The first-order chi connectivity index (χ1) is 35.5. The van der Waals surface area contributed by atoms with Crippen LogP contribution in [0.2, 0.25) is 0 Å². The lowest BCUT2D eigenvalue weighted by Crippen LogP contribution is -2.17. The predicted octanol–water partition coefficient (Wildman–Crippen LogP) is 19.0. The summed E-state index contributed by atoms with van der Waals surface area (Å²) >= 11 is 0. The van der Waals surface area contributed by atoms with Gasteiger partial charge in [-0.1, -0.05) is 159 Å². The van der Waals surface area contributed by atoms with Crippen molar-refractivity contribution in [2.24, 2.45) is 0 Å². The number of benzene rings is 11. The Balaban J connectivity index is 0.967. The Hall–Kier alpha value is -9.32. The fourth-order valence-electron chi connectivity index (χ4n) is 12.0. The van der Waals surface area contributed by atoms with E-state index < -0.39 is 0 Å². The SMILES string of the molecule is CC1(C)c2cc3c(cc2-c2c1cc(N(c1ccccc1)c1cccc4c1oc1ccccc14)c1ccccc21)c1ccc(N(c2ccccc2)c2cccc4c2oc2ccccc24)cc1n3-c1ccccc1. The Bertz CT molecular complexity index is 4490. The quantitative estimate of drug-likeness (QED) is 0.160. The topological polar surface area (TPSA) is 37.7 Å². The van der Waals surface area contributed by atoms with Gasteiger partial charge in [0.25, 0.3) is 0 Å². The van der Waals surface area contributed by atoms with Crippen LogP contribution < -0.4 is 9.80 Å². The molecular weight excluding hydrogens is 879 g/mol. The molecule has 0 saturated heterocycles. The van der Waals surface area contributed by atoms with Crippen LogP contribution in [0, 0.1) is 0 Å². The highest BCUT2D eigenvalue weighted by atomic mass is 16.3. The molecule has 1 aliphatic rings. The van der Waals surface area contributed by atoms with Crippen molar-refractivity contribution in [3.8, 4) is 16.8 Å². The normalized spacial score (nSPS) is 13.0. The number of anilines is 6. The number of hydrogen-bond acceptors (Lipinski definition) is 4. The summed E-state index contributed by atoms with van der Waals surface area (Å²) in [6.45, 7) is 4.80. The zero-order chi connectivity index (χ0) is 47.7. The summed E-state index contributed by atoms with van der Waals surface area (Å²) in [5, 5.41) is 9.22. The monoisotopic (exact) mass is 923 g/mol. The van der Waals surface area contributed by atoms with E-state index in [0.29, 0.717) is 0 Å².